The molecule has 0 fully saturated rings. The van der Waals surface area contributed by atoms with Crippen LogP contribution in [-0.4, -0.2) is 19.0 Å². The van der Waals surface area contributed by atoms with Gasteiger partial charge in [0.2, 0.25) is 0 Å². The van der Waals surface area contributed by atoms with Gasteiger partial charge in [0.15, 0.2) is 5.78 Å². The molecule has 0 saturated heterocycles. The number of Topliss-reactive ketones (excluding diaryl/α,β-unsaturated/α-hetero) is 1. The highest BCUT2D eigenvalue weighted by Crippen LogP contribution is 2.39. The van der Waals surface area contributed by atoms with Crippen LogP contribution in [-0.2, 0) is 9.53 Å². The fourth-order valence-electron chi connectivity index (χ4n) is 2.17. The number of hydrogen-bond donors (Lipinski definition) is 0. The molecule has 2 heteroatoms. The monoisotopic (exact) mass is 194 g/mol. The van der Waals surface area contributed by atoms with Gasteiger partial charge >= 0.3 is 0 Å². The maximum Gasteiger partial charge on any atom is 0.187 e. The summed E-state index contributed by atoms with van der Waals surface area (Å²) in [7, 11) is 1.59. The summed E-state index contributed by atoms with van der Waals surface area (Å²) in [6, 6.07) is 0. The molecule has 1 aliphatic rings. The summed E-state index contributed by atoms with van der Waals surface area (Å²) in [5.74, 6) is 0.0988. The van der Waals surface area contributed by atoms with Gasteiger partial charge in [0.1, 0.15) is 6.10 Å². The number of carbonyl (C=O) groups excluding carboxylic acids is 1. The molecule has 1 atom stereocenters. The molecule has 0 aliphatic heterocycles. The molecule has 0 spiro atoms. The van der Waals surface area contributed by atoms with Gasteiger partial charge in [-0.25, -0.2) is 0 Å². The van der Waals surface area contributed by atoms with E-state index in [4.69, 9.17) is 4.74 Å². The number of rotatable bonds is 2. The molecule has 1 unspecified atom stereocenters. The average molecular weight is 194 g/mol. The summed E-state index contributed by atoms with van der Waals surface area (Å²) >= 11 is 0. The molecule has 0 aromatic rings. The van der Waals surface area contributed by atoms with E-state index in [1.807, 2.05) is 6.92 Å². The SMILES string of the molecule is C=CC1=C(C)C(=O)C(OC)CC1(C)C. The number of hydrogen-bond acceptors (Lipinski definition) is 2. The summed E-state index contributed by atoms with van der Waals surface area (Å²) in [4.78, 5) is 11.8. The fraction of sp³-hybridized carbons (Fsp3) is 0.583. The van der Waals surface area contributed by atoms with Crippen LogP contribution in [0.1, 0.15) is 27.2 Å². The van der Waals surface area contributed by atoms with Gasteiger partial charge in [0.25, 0.3) is 0 Å². The molecule has 0 bridgehead atoms. The van der Waals surface area contributed by atoms with Crippen molar-refractivity contribution in [2.24, 2.45) is 5.41 Å². The summed E-state index contributed by atoms with van der Waals surface area (Å²) in [5.41, 5.74) is 1.83. The molecule has 1 aliphatic carbocycles. The number of ether oxygens (including phenoxy) is 1. The van der Waals surface area contributed by atoms with Crippen molar-refractivity contribution < 1.29 is 9.53 Å². The van der Waals surface area contributed by atoms with Crippen LogP contribution in [0.2, 0.25) is 0 Å². The zero-order valence-corrected chi connectivity index (χ0v) is 9.39. The van der Waals surface area contributed by atoms with E-state index in [1.54, 1.807) is 13.2 Å². The minimum Gasteiger partial charge on any atom is -0.373 e. The summed E-state index contributed by atoms with van der Waals surface area (Å²) in [6.07, 6.45) is 2.24. The second kappa shape index (κ2) is 3.70. The largest absolute Gasteiger partial charge is 0.373 e. The highest BCUT2D eigenvalue weighted by Gasteiger charge is 2.37. The van der Waals surface area contributed by atoms with Crippen molar-refractivity contribution in [2.45, 2.75) is 33.3 Å². The number of ketones is 1. The molecular formula is C12H18O2. The molecule has 1 rings (SSSR count). The van der Waals surface area contributed by atoms with Gasteiger partial charge < -0.3 is 4.74 Å². The maximum absolute atomic E-state index is 11.8. The molecule has 78 valence electrons. The van der Waals surface area contributed by atoms with Gasteiger partial charge in [0.05, 0.1) is 0 Å². The third kappa shape index (κ3) is 1.67. The Balaban J connectivity index is 3.19. The number of carbonyl (C=O) groups is 1. The normalized spacial score (nSPS) is 26.6. The Morgan fingerprint density at radius 3 is 2.57 bits per heavy atom. The van der Waals surface area contributed by atoms with Gasteiger partial charge in [-0.15, -0.1) is 0 Å². The highest BCUT2D eigenvalue weighted by molar-refractivity contribution is 6.00. The average Bonchev–Trinajstić information content (AvgIpc) is 2.12. The van der Waals surface area contributed by atoms with Crippen LogP contribution >= 0.6 is 0 Å². The summed E-state index contributed by atoms with van der Waals surface area (Å²) in [5, 5.41) is 0. The fourth-order valence-corrected chi connectivity index (χ4v) is 2.17. The Hall–Kier alpha value is -0.890. The van der Waals surface area contributed by atoms with Crippen LogP contribution in [0.15, 0.2) is 23.8 Å². The molecule has 0 aromatic carbocycles. The summed E-state index contributed by atoms with van der Waals surface area (Å²) in [6.45, 7) is 9.85. The predicted molar refractivity (Wildman–Crippen MR) is 57.1 cm³/mol. The van der Waals surface area contributed by atoms with E-state index in [1.165, 1.54) is 0 Å². The lowest BCUT2D eigenvalue weighted by atomic mass is 9.71. The minimum absolute atomic E-state index is 0.0135. The van der Waals surface area contributed by atoms with Crippen molar-refractivity contribution in [1.82, 2.24) is 0 Å². The van der Waals surface area contributed by atoms with Crippen molar-refractivity contribution >= 4 is 5.78 Å². The first-order valence-electron chi connectivity index (χ1n) is 4.85. The molecule has 0 saturated carbocycles. The summed E-state index contributed by atoms with van der Waals surface area (Å²) < 4.78 is 5.18. The van der Waals surface area contributed by atoms with E-state index in [9.17, 15) is 4.79 Å². The van der Waals surface area contributed by atoms with Crippen molar-refractivity contribution in [2.75, 3.05) is 7.11 Å². The zero-order chi connectivity index (χ0) is 10.9. The minimum atomic E-state index is -0.284. The Kier molecular flexibility index (Phi) is 2.95. The second-order valence-corrected chi connectivity index (χ2v) is 4.42. The lowest BCUT2D eigenvalue weighted by Crippen LogP contribution is -2.36. The molecule has 0 radical (unpaired) electrons. The van der Waals surface area contributed by atoms with Crippen LogP contribution in [0.4, 0.5) is 0 Å². The van der Waals surface area contributed by atoms with E-state index in [0.29, 0.717) is 0 Å². The molecule has 2 nitrogen and oxygen atoms in total. The Labute approximate surface area is 85.6 Å². The Morgan fingerprint density at radius 2 is 2.14 bits per heavy atom. The van der Waals surface area contributed by atoms with Crippen molar-refractivity contribution in [3.63, 3.8) is 0 Å². The molecular weight excluding hydrogens is 176 g/mol. The lowest BCUT2D eigenvalue weighted by Gasteiger charge is -2.35. The van der Waals surface area contributed by atoms with Crippen LogP contribution in [0.5, 0.6) is 0 Å². The van der Waals surface area contributed by atoms with Gasteiger partial charge in [-0.05, 0) is 29.9 Å². The van der Waals surface area contributed by atoms with Gasteiger partial charge in [-0.2, -0.15) is 0 Å². The molecule has 0 N–H and O–H groups in total. The van der Waals surface area contributed by atoms with Crippen LogP contribution in [0.25, 0.3) is 0 Å². The van der Waals surface area contributed by atoms with E-state index in [-0.39, 0.29) is 17.3 Å². The van der Waals surface area contributed by atoms with Crippen LogP contribution in [0, 0.1) is 5.41 Å². The standard InChI is InChI=1S/C12H18O2/c1-6-9-8(2)11(13)10(14-5)7-12(9,3)4/h6,10H,1,7H2,2-5H3. The predicted octanol–water partition coefficient (Wildman–Crippen LogP) is 2.50. The van der Waals surface area contributed by atoms with Gasteiger partial charge in [-0.3, -0.25) is 4.79 Å². The number of allylic oxidation sites excluding steroid dienone is 2. The van der Waals surface area contributed by atoms with E-state index < -0.39 is 0 Å². The zero-order valence-electron chi connectivity index (χ0n) is 9.39. The first-order valence-corrected chi connectivity index (χ1v) is 4.85. The van der Waals surface area contributed by atoms with Crippen molar-refractivity contribution in [3.05, 3.63) is 23.8 Å². The first kappa shape index (κ1) is 11.2. The second-order valence-electron chi connectivity index (χ2n) is 4.42. The van der Waals surface area contributed by atoms with Gasteiger partial charge in [0, 0.05) is 7.11 Å². The molecule has 0 heterocycles. The molecule has 0 amide bonds. The van der Waals surface area contributed by atoms with Crippen molar-refractivity contribution in [1.29, 1.82) is 0 Å². The van der Waals surface area contributed by atoms with E-state index in [2.05, 4.69) is 20.4 Å². The van der Waals surface area contributed by atoms with Gasteiger partial charge in [-0.1, -0.05) is 26.5 Å². The molecule has 14 heavy (non-hydrogen) atoms. The topological polar surface area (TPSA) is 26.3 Å². The smallest absolute Gasteiger partial charge is 0.187 e. The first-order chi connectivity index (χ1) is 6.44. The number of methoxy groups -OCH3 is 1. The molecule has 0 aromatic heterocycles. The lowest BCUT2D eigenvalue weighted by molar-refractivity contribution is -0.127. The Morgan fingerprint density at radius 1 is 1.57 bits per heavy atom. The highest BCUT2D eigenvalue weighted by atomic mass is 16.5. The third-order valence-corrected chi connectivity index (χ3v) is 2.98. The Bertz CT molecular complexity index is 297. The van der Waals surface area contributed by atoms with E-state index >= 15 is 0 Å². The van der Waals surface area contributed by atoms with E-state index in [0.717, 1.165) is 17.6 Å². The van der Waals surface area contributed by atoms with Crippen LogP contribution < -0.4 is 0 Å². The van der Waals surface area contributed by atoms with Crippen LogP contribution in [0.3, 0.4) is 0 Å². The quantitative estimate of drug-likeness (QED) is 0.675. The third-order valence-electron chi connectivity index (χ3n) is 2.98. The van der Waals surface area contributed by atoms with Crippen molar-refractivity contribution in [3.8, 4) is 0 Å². The maximum atomic E-state index is 11.8.